The number of alkyl carbamates (subject to hydrolysis) is 2. The molecule has 2 fully saturated rings. The Morgan fingerprint density at radius 2 is 1.23 bits per heavy atom. The minimum absolute atomic E-state index is 0.108. The van der Waals surface area contributed by atoms with Gasteiger partial charge in [-0.1, -0.05) is 50.2 Å². The molecule has 56 heavy (non-hydrogen) atoms. The number of nitrogens with one attached hydrogen (secondary N) is 4. The Hall–Kier alpha value is -6.25. The minimum Gasteiger partial charge on any atom is -0.453 e. The average molecular weight is 762 g/mol. The van der Waals surface area contributed by atoms with Gasteiger partial charge in [-0.2, -0.15) is 0 Å². The van der Waals surface area contributed by atoms with E-state index in [9.17, 15) is 19.2 Å². The van der Waals surface area contributed by atoms with Crippen LogP contribution < -0.4 is 10.6 Å². The first-order valence-electron chi connectivity index (χ1n) is 18.9. The van der Waals surface area contributed by atoms with Crippen LogP contribution in [0.25, 0.3) is 44.5 Å². The second kappa shape index (κ2) is 16.2. The lowest BCUT2D eigenvalue weighted by Gasteiger charge is -2.30. The monoisotopic (exact) mass is 761 g/mol. The highest BCUT2D eigenvalue weighted by molar-refractivity contribution is 5.88. The van der Waals surface area contributed by atoms with E-state index in [1.54, 1.807) is 29.1 Å². The zero-order chi connectivity index (χ0) is 39.5. The van der Waals surface area contributed by atoms with E-state index in [4.69, 9.17) is 9.72 Å². The van der Waals surface area contributed by atoms with Crippen LogP contribution in [-0.2, 0) is 19.1 Å². The van der Waals surface area contributed by atoms with Crippen LogP contribution in [0.1, 0.15) is 70.2 Å². The molecule has 3 aromatic heterocycles. The van der Waals surface area contributed by atoms with E-state index < -0.39 is 24.3 Å². The van der Waals surface area contributed by atoms with Crippen molar-refractivity contribution in [1.29, 1.82) is 0 Å². The summed E-state index contributed by atoms with van der Waals surface area (Å²) in [6.07, 6.45) is 7.41. The highest BCUT2D eigenvalue weighted by atomic mass is 16.5. The fourth-order valence-corrected chi connectivity index (χ4v) is 7.65. The molecule has 15 nitrogen and oxygen atoms in total. The molecule has 4 N–H and O–H groups in total. The van der Waals surface area contributed by atoms with E-state index in [1.165, 1.54) is 14.2 Å². The summed E-state index contributed by atoms with van der Waals surface area (Å²) in [7, 11) is 2.56. The molecule has 0 bridgehead atoms. The number of hydrogen-bond acceptors (Lipinski definition) is 9. The van der Waals surface area contributed by atoms with Crippen LogP contribution in [0.2, 0.25) is 0 Å². The Labute approximate surface area is 324 Å². The zero-order valence-electron chi connectivity index (χ0n) is 32.2. The third-order valence-electron chi connectivity index (χ3n) is 10.7. The topological polar surface area (TPSA) is 188 Å². The second-order valence-electron chi connectivity index (χ2n) is 14.7. The van der Waals surface area contributed by atoms with Gasteiger partial charge in [0.05, 0.1) is 55.6 Å². The van der Waals surface area contributed by atoms with Crippen molar-refractivity contribution in [3.05, 3.63) is 78.8 Å². The molecular weight excluding hydrogens is 715 g/mol. The van der Waals surface area contributed by atoms with Crippen molar-refractivity contribution in [2.75, 3.05) is 27.3 Å². The molecule has 5 heterocycles. The fraction of sp³-hybridized carbons (Fsp3) is 0.390. The molecule has 2 aromatic carbocycles. The Morgan fingerprint density at radius 1 is 0.679 bits per heavy atom. The van der Waals surface area contributed by atoms with Gasteiger partial charge in [-0.3, -0.25) is 14.6 Å². The smallest absolute Gasteiger partial charge is 0.407 e. The van der Waals surface area contributed by atoms with Crippen LogP contribution in [0.5, 0.6) is 0 Å². The van der Waals surface area contributed by atoms with Crippen molar-refractivity contribution in [3.8, 4) is 33.6 Å². The van der Waals surface area contributed by atoms with Crippen LogP contribution in [0, 0.1) is 5.92 Å². The van der Waals surface area contributed by atoms with E-state index in [-0.39, 0.29) is 29.8 Å². The lowest BCUT2D eigenvalue weighted by Crippen LogP contribution is -2.51. The molecule has 5 aromatic rings. The first kappa shape index (κ1) is 38.0. The van der Waals surface area contributed by atoms with Crippen LogP contribution in [0.3, 0.4) is 0 Å². The van der Waals surface area contributed by atoms with Crippen LogP contribution in [0.15, 0.2) is 67.1 Å². The van der Waals surface area contributed by atoms with Gasteiger partial charge in [0.2, 0.25) is 11.8 Å². The predicted octanol–water partition coefficient (Wildman–Crippen LogP) is 6.13. The predicted molar refractivity (Wildman–Crippen MR) is 209 cm³/mol. The molecule has 0 spiro atoms. The second-order valence-corrected chi connectivity index (χ2v) is 14.7. The molecule has 0 aliphatic carbocycles. The van der Waals surface area contributed by atoms with Gasteiger partial charge < -0.3 is 39.9 Å². The number of rotatable bonds is 10. The summed E-state index contributed by atoms with van der Waals surface area (Å²) >= 11 is 0. The molecule has 0 unspecified atom stereocenters. The maximum absolute atomic E-state index is 13.5. The number of aromatic amines is 2. The van der Waals surface area contributed by atoms with Gasteiger partial charge in [0.15, 0.2) is 0 Å². The van der Waals surface area contributed by atoms with E-state index in [0.717, 1.165) is 76.1 Å². The van der Waals surface area contributed by atoms with E-state index in [2.05, 4.69) is 53.5 Å². The van der Waals surface area contributed by atoms with Crippen LogP contribution in [0.4, 0.5) is 9.59 Å². The maximum atomic E-state index is 13.5. The zero-order valence-corrected chi connectivity index (χ0v) is 32.2. The van der Waals surface area contributed by atoms with Crippen LogP contribution in [-0.4, -0.2) is 98.1 Å². The van der Waals surface area contributed by atoms with Gasteiger partial charge in [-0.05, 0) is 61.8 Å². The molecule has 4 amide bonds. The van der Waals surface area contributed by atoms with E-state index in [1.807, 2.05) is 50.4 Å². The molecule has 4 atom stereocenters. The molecule has 2 aliphatic heterocycles. The van der Waals surface area contributed by atoms with Crippen molar-refractivity contribution < 1.29 is 28.7 Å². The van der Waals surface area contributed by atoms with Gasteiger partial charge in [0.25, 0.3) is 0 Å². The van der Waals surface area contributed by atoms with Gasteiger partial charge in [0.1, 0.15) is 23.7 Å². The summed E-state index contributed by atoms with van der Waals surface area (Å²) in [6.45, 7) is 6.62. The number of hydrogen-bond donors (Lipinski definition) is 4. The molecule has 292 valence electrons. The third-order valence-corrected chi connectivity index (χ3v) is 10.7. The number of aromatic nitrogens is 5. The Balaban J connectivity index is 1.02. The SMILES string of the molecule is COC(=O)N[C@@H](C)C(=O)N1CCC[C@H]1c1ncc(-c2ccc3cc(-c4ccc(-c5cnc([C@@H]6CCCN6C(=O)[C@@H](NC(=O)OC)C(C)C)[nH]5)cc4)cnc3c2)[nH]1. The lowest BCUT2D eigenvalue weighted by atomic mass is 10.0. The molecule has 2 aliphatic rings. The Bertz CT molecular complexity index is 2230. The Kier molecular flexibility index (Phi) is 11.0. The van der Waals surface area contributed by atoms with Gasteiger partial charge in [-0.15, -0.1) is 0 Å². The summed E-state index contributed by atoms with van der Waals surface area (Å²) < 4.78 is 9.40. The number of pyridine rings is 1. The lowest BCUT2D eigenvalue weighted by molar-refractivity contribution is -0.135. The largest absolute Gasteiger partial charge is 0.453 e. The van der Waals surface area contributed by atoms with Gasteiger partial charge in [0, 0.05) is 35.8 Å². The number of carbonyl (C=O) groups excluding carboxylic acids is 4. The van der Waals surface area contributed by atoms with Crippen molar-refractivity contribution in [3.63, 3.8) is 0 Å². The quantitative estimate of drug-likeness (QED) is 0.130. The van der Waals surface area contributed by atoms with Gasteiger partial charge >= 0.3 is 12.2 Å². The fourth-order valence-electron chi connectivity index (χ4n) is 7.65. The molecule has 0 saturated carbocycles. The average Bonchev–Trinajstić information content (AvgIpc) is 4.06. The van der Waals surface area contributed by atoms with Crippen LogP contribution >= 0.6 is 0 Å². The van der Waals surface area contributed by atoms with E-state index >= 15 is 0 Å². The molecular formula is C41H47N9O6. The number of ether oxygens (including phenoxy) is 2. The van der Waals surface area contributed by atoms with Crippen molar-refractivity contribution in [2.24, 2.45) is 5.92 Å². The molecule has 2 saturated heterocycles. The summed E-state index contributed by atoms with van der Waals surface area (Å²) in [5.74, 6) is 0.990. The number of likely N-dealkylation sites (tertiary alicyclic amines) is 2. The number of carbonyl (C=O) groups is 4. The number of amides is 4. The summed E-state index contributed by atoms with van der Waals surface area (Å²) in [6, 6.07) is 14.6. The highest BCUT2D eigenvalue weighted by Crippen LogP contribution is 2.35. The summed E-state index contributed by atoms with van der Waals surface area (Å²) in [5.41, 5.74) is 6.40. The van der Waals surface area contributed by atoms with Gasteiger partial charge in [-0.25, -0.2) is 19.6 Å². The van der Waals surface area contributed by atoms with Crippen molar-refractivity contribution in [1.82, 2.24) is 45.4 Å². The molecule has 7 rings (SSSR count). The van der Waals surface area contributed by atoms with Crippen molar-refractivity contribution >= 4 is 34.9 Å². The summed E-state index contributed by atoms with van der Waals surface area (Å²) in [4.78, 5) is 74.8. The number of imidazole rings is 2. The standard InChI is InChI=1S/C41H47N9O6/c1-23(2)35(48-41(54)56-5)39(52)50-17-7-9-34(50)37-43-21-31(46-37)26-12-10-25(11-13-26)29-18-27-14-15-28(19-30(27)42-20-29)32-22-44-36(47-32)33-8-6-16-49(33)38(51)24(3)45-40(53)55-4/h10-15,18-24,33-35H,6-9,16-17H2,1-5H3,(H,43,46)(H,44,47)(H,45,53)(H,48,54)/t24-,33-,34-,35-/m0/s1. The number of H-pyrrole nitrogens is 2. The Morgan fingerprint density at radius 3 is 1.84 bits per heavy atom. The number of fused-ring (bicyclic) bond motifs is 1. The first-order valence-corrected chi connectivity index (χ1v) is 18.9. The normalized spacial score (nSPS) is 17.9. The number of benzene rings is 2. The maximum Gasteiger partial charge on any atom is 0.407 e. The third kappa shape index (κ3) is 7.79. The molecule has 0 radical (unpaired) electrons. The first-order chi connectivity index (χ1) is 27.0. The number of methoxy groups -OCH3 is 2. The van der Waals surface area contributed by atoms with E-state index in [0.29, 0.717) is 18.9 Å². The summed E-state index contributed by atoms with van der Waals surface area (Å²) in [5, 5.41) is 6.24. The number of nitrogens with zero attached hydrogens (tertiary/aromatic N) is 5. The minimum atomic E-state index is -0.715. The van der Waals surface area contributed by atoms with Crippen molar-refractivity contribution in [2.45, 2.75) is 70.6 Å². The highest BCUT2D eigenvalue weighted by Gasteiger charge is 2.38. The molecule has 15 heteroatoms.